The molecule has 0 aromatic carbocycles. The summed E-state index contributed by atoms with van der Waals surface area (Å²) in [5.41, 5.74) is -0.948. The number of esters is 1. The highest BCUT2D eigenvalue weighted by Crippen LogP contribution is 2.06. The summed E-state index contributed by atoms with van der Waals surface area (Å²) in [6, 6.07) is 0. The van der Waals surface area contributed by atoms with Gasteiger partial charge >= 0.3 is 5.97 Å². The van der Waals surface area contributed by atoms with Crippen LogP contribution in [0.25, 0.3) is 0 Å². The molecule has 0 unspecified atom stereocenters. The largest absolute Gasteiger partial charge is 0.467 e. The lowest BCUT2D eigenvalue weighted by molar-refractivity contribution is -0.149. The Morgan fingerprint density at radius 1 is 1.31 bits per heavy atom. The Morgan fingerprint density at radius 2 is 1.77 bits per heavy atom. The molecule has 76 valence electrons. The number of amides is 1. The van der Waals surface area contributed by atoms with Crippen LogP contribution in [0.1, 0.15) is 27.7 Å². The Balaban J connectivity index is 4.33. The number of ether oxygens (including phenoxy) is 1. The van der Waals surface area contributed by atoms with Crippen LogP contribution in [0.15, 0.2) is 0 Å². The minimum absolute atomic E-state index is 0.135. The Morgan fingerprint density at radius 3 is 2.08 bits per heavy atom. The molecule has 0 radical (unpaired) electrons. The zero-order chi connectivity index (χ0) is 10.6. The lowest BCUT2D eigenvalue weighted by atomic mass is 10.0. The number of nitrogens with one attached hydrogen (secondary N) is 1. The monoisotopic (exact) mass is 187 g/mol. The Hall–Kier alpha value is -1.06. The topological polar surface area (TPSA) is 55.4 Å². The van der Waals surface area contributed by atoms with E-state index >= 15 is 0 Å². The molecule has 0 bridgehead atoms. The van der Waals surface area contributed by atoms with Crippen molar-refractivity contribution in [3.63, 3.8) is 0 Å². The van der Waals surface area contributed by atoms with Crippen LogP contribution in [0.3, 0.4) is 0 Å². The minimum Gasteiger partial charge on any atom is -0.467 e. The maximum absolute atomic E-state index is 11.3. The Bertz CT molecular complexity index is 209. The molecule has 0 aliphatic rings. The molecule has 0 atom stereocenters. The molecule has 0 aliphatic heterocycles. The van der Waals surface area contributed by atoms with Gasteiger partial charge in [-0.1, -0.05) is 13.8 Å². The van der Waals surface area contributed by atoms with E-state index in [-0.39, 0.29) is 11.8 Å². The van der Waals surface area contributed by atoms with Crippen molar-refractivity contribution in [2.24, 2.45) is 5.92 Å². The van der Waals surface area contributed by atoms with Crippen molar-refractivity contribution < 1.29 is 14.3 Å². The van der Waals surface area contributed by atoms with Gasteiger partial charge in [0.2, 0.25) is 5.91 Å². The van der Waals surface area contributed by atoms with Crippen LogP contribution in [-0.4, -0.2) is 24.5 Å². The molecule has 0 rings (SSSR count). The van der Waals surface area contributed by atoms with Gasteiger partial charge in [-0.25, -0.2) is 4.79 Å². The predicted octanol–water partition coefficient (Wildman–Crippen LogP) is 0.710. The summed E-state index contributed by atoms with van der Waals surface area (Å²) in [5.74, 6) is -0.735. The summed E-state index contributed by atoms with van der Waals surface area (Å²) < 4.78 is 4.54. The zero-order valence-corrected chi connectivity index (χ0v) is 8.80. The SMILES string of the molecule is COC(=O)C(C)(C)NC(=O)C(C)C. The average molecular weight is 187 g/mol. The standard InChI is InChI=1S/C9H17NO3/c1-6(2)7(11)10-9(3,4)8(12)13-5/h6H,1-5H3,(H,10,11). The molecule has 0 saturated carbocycles. The van der Waals surface area contributed by atoms with Crippen molar-refractivity contribution in [2.75, 3.05) is 7.11 Å². The number of hydrogen-bond acceptors (Lipinski definition) is 3. The summed E-state index contributed by atoms with van der Waals surface area (Å²) >= 11 is 0. The summed E-state index contributed by atoms with van der Waals surface area (Å²) in [6.45, 7) is 6.75. The van der Waals surface area contributed by atoms with Gasteiger partial charge in [-0.3, -0.25) is 4.79 Å². The van der Waals surface area contributed by atoms with Crippen LogP contribution in [-0.2, 0) is 14.3 Å². The quantitative estimate of drug-likeness (QED) is 0.662. The fraction of sp³-hybridized carbons (Fsp3) is 0.778. The second-order valence-corrected chi connectivity index (χ2v) is 3.76. The second kappa shape index (κ2) is 4.25. The maximum Gasteiger partial charge on any atom is 0.330 e. The number of rotatable bonds is 3. The molecular formula is C9H17NO3. The van der Waals surface area contributed by atoms with Crippen LogP contribution in [0.4, 0.5) is 0 Å². The molecule has 1 N–H and O–H groups in total. The first-order chi connectivity index (χ1) is 5.81. The van der Waals surface area contributed by atoms with Gasteiger partial charge in [-0.05, 0) is 13.8 Å². The third-order valence-corrected chi connectivity index (χ3v) is 1.66. The van der Waals surface area contributed by atoms with Crippen molar-refractivity contribution >= 4 is 11.9 Å². The average Bonchev–Trinajstić information content (AvgIpc) is 2.01. The van der Waals surface area contributed by atoms with Crippen LogP contribution in [0.5, 0.6) is 0 Å². The molecule has 0 saturated heterocycles. The molecular weight excluding hydrogens is 170 g/mol. The number of methoxy groups -OCH3 is 1. The van der Waals surface area contributed by atoms with Gasteiger partial charge in [0.25, 0.3) is 0 Å². The second-order valence-electron chi connectivity index (χ2n) is 3.76. The third-order valence-electron chi connectivity index (χ3n) is 1.66. The molecule has 4 heteroatoms. The smallest absolute Gasteiger partial charge is 0.330 e. The number of hydrogen-bond donors (Lipinski definition) is 1. The van der Waals surface area contributed by atoms with E-state index in [1.807, 2.05) is 0 Å². The van der Waals surface area contributed by atoms with Crippen molar-refractivity contribution in [3.8, 4) is 0 Å². The van der Waals surface area contributed by atoms with Gasteiger partial charge in [0, 0.05) is 5.92 Å². The lowest BCUT2D eigenvalue weighted by Gasteiger charge is -2.24. The maximum atomic E-state index is 11.3. The predicted molar refractivity (Wildman–Crippen MR) is 49.1 cm³/mol. The fourth-order valence-electron chi connectivity index (χ4n) is 0.759. The third kappa shape index (κ3) is 3.44. The lowest BCUT2D eigenvalue weighted by Crippen LogP contribution is -2.51. The molecule has 0 fully saturated rings. The van der Waals surface area contributed by atoms with E-state index in [2.05, 4.69) is 10.1 Å². The van der Waals surface area contributed by atoms with E-state index in [4.69, 9.17) is 0 Å². The first kappa shape index (κ1) is 11.9. The summed E-state index contributed by atoms with van der Waals surface area (Å²) in [5, 5.41) is 2.59. The van der Waals surface area contributed by atoms with E-state index in [1.54, 1.807) is 27.7 Å². The van der Waals surface area contributed by atoms with Crippen LogP contribution in [0.2, 0.25) is 0 Å². The molecule has 0 aliphatic carbocycles. The highest BCUT2D eigenvalue weighted by Gasteiger charge is 2.30. The van der Waals surface area contributed by atoms with E-state index in [9.17, 15) is 9.59 Å². The molecule has 0 spiro atoms. The number of carbonyl (C=O) groups is 2. The van der Waals surface area contributed by atoms with Gasteiger partial charge in [0.1, 0.15) is 5.54 Å². The van der Waals surface area contributed by atoms with E-state index in [1.165, 1.54) is 7.11 Å². The van der Waals surface area contributed by atoms with Crippen molar-refractivity contribution in [2.45, 2.75) is 33.2 Å². The van der Waals surface area contributed by atoms with Gasteiger partial charge in [-0.2, -0.15) is 0 Å². The van der Waals surface area contributed by atoms with Gasteiger partial charge in [-0.15, -0.1) is 0 Å². The van der Waals surface area contributed by atoms with Crippen molar-refractivity contribution in [3.05, 3.63) is 0 Å². The molecule has 0 aromatic rings. The normalized spacial score (nSPS) is 11.2. The van der Waals surface area contributed by atoms with Gasteiger partial charge in [0.15, 0.2) is 0 Å². The highest BCUT2D eigenvalue weighted by molar-refractivity contribution is 5.87. The molecule has 0 aromatic heterocycles. The van der Waals surface area contributed by atoms with E-state index in [0.717, 1.165) is 0 Å². The Labute approximate surface area is 78.6 Å². The first-order valence-electron chi connectivity index (χ1n) is 4.21. The molecule has 0 heterocycles. The summed E-state index contributed by atoms with van der Waals surface area (Å²) in [4.78, 5) is 22.4. The van der Waals surface area contributed by atoms with E-state index < -0.39 is 11.5 Å². The van der Waals surface area contributed by atoms with Gasteiger partial charge in [0.05, 0.1) is 7.11 Å². The van der Waals surface area contributed by atoms with Gasteiger partial charge < -0.3 is 10.1 Å². The first-order valence-corrected chi connectivity index (χ1v) is 4.21. The fourth-order valence-corrected chi connectivity index (χ4v) is 0.759. The molecule has 13 heavy (non-hydrogen) atoms. The van der Waals surface area contributed by atoms with Crippen LogP contribution < -0.4 is 5.32 Å². The van der Waals surface area contributed by atoms with E-state index in [0.29, 0.717) is 0 Å². The summed E-state index contributed by atoms with van der Waals surface area (Å²) in [6.07, 6.45) is 0. The zero-order valence-electron chi connectivity index (χ0n) is 8.80. The summed E-state index contributed by atoms with van der Waals surface area (Å²) in [7, 11) is 1.30. The molecule has 4 nitrogen and oxygen atoms in total. The molecule has 1 amide bonds. The van der Waals surface area contributed by atoms with Crippen LogP contribution in [0, 0.1) is 5.92 Å². The minimum atomic E-state index is -0.948. The highest BCUT2D eigenvalue weighted by atomic mass is 16.5. The Kier molecular flexibility index (Phi) is 3.91. The van der Waals surface area contributed by atoms with Crippen molar-refractivity contribution in [1.29, 1.82) is 0 Å². The van der Waals surface area contributed by atoms with Crippen LogP contribution >= 0.6 is 0 Å². The number of carbonyl (C=O) groups excluding carboxylic acids is 2. The van der Waals surface area contributed by atoms with Crippen molar-refractivity contribution in [1.82, 2.24) is 5.32 Å².